The SMILES string of the molecule is CCC(CC)=C(C)C(=O)OC1CCC2CCCCCC21. The van der Waals surface area contributed by atoms with Crippen LogP contribution >= 0.6 is 0 Å². The Morgan fingerprint density at radius 3 is 2.40 bits per heavy atom. The molecule has 2 rings (SSSR count). The van der Waals surface area contributed by atoms with Crippen molar-refractivity contribution in [3.8, 4) is 0 Å². The van der Waals surface area contributed by atoms with Crippen LogP contribution in [0.15, 0.2) is 11.1 Å². The topological polar surface area (TPSA) is 26.3 Å². The van der Waals surface area contributed by atoms with Crippen molar-refractivity contribution in [1.82, 2.24) is 0 Å². The van der Waals surface area contributed by atoms with Gasteiger partial charge >= 0.3 is 5.97 Å². The highest BCUT2D eigenvalue weighted by atomic mass is 16.5. The Kier molecular flexibility index (Phi) is 5.68. The van der Waals surface area contributed by atoms with Gasteiger partial charge in [-0.3, -0.25) is 0 Å². The minimum absolute atomic E-state index is 0.0569. The lowest BCUT2D eigenvalue weighted by Gasteiger charge is -2.23. The van der Waals surface area contributed by atoms with Gasteiger partial charge in [0.2, 0.25) is 0 Å². The zero-order valence-corrected chi connectivity index (χ0v) is 13.4. The van der Waals surface area contributed by atoms with E-state index in [1.54, 1.807) is 0 Å². The summed E-state index contributed by atoms with van der Waals surface area (Å²) in [6, 6.07) is 0. The van der Waals surface area contributed by atoms with Gasteiger partial charge in [0.1, 0.15) is 6.10 Å². The van der Waals surface area contributed by atoms with Crippen LogP contribution in [0.3, 0.4) is 0 Å². The fourth-order valence-corrected chi connectivity index (χ4v) is 4.15. The van der Waals surface area contributed by atoms with E-state index in [1.807, 2.05) is 6.92 Å². The average Bonchev–Trinajstić information content (AvgIpc) is 2.68. The molecule has 3 atom stereocenters. The number of esters is 1. The maximum absolute atomic E-state index is 12.3. The Morgan fingerprint density at radius 2 is 1.70 bits per heavy atom. The van der Waals surface area contributed by atoms with Gasteiger partial charge in [0, 0.05) is 5.57 Å². The molecule has 2 heteroatoms. The number of carbonyl (C=O) groups is 1. The van der Waals surface area contributed by atoms with Crippen LogP contribution in [0.2, 0.25) is 0 Å². The third kappa shape index (κ3) is 3.45. The quantitative estimate of drug-likeness (QED) is 0.533. The molecule has 0 aliphatic heterocycles. The van der Waals surface area contributed by atoms with Crippen LogP contribution in [0, 0.1) is 11.8 Å². The molecule has 0 radical (unpaired) electrons. The number of carbonyl (C=O) groups excluding carboxylic acids is 1. The molecule has 114 valence electrons. The summed E-state index contributed by atoms with van der Waals surface area (Å²) in [5.41, 5.74) is 2.09. The summed E-state index contributed by atoms with van der Waals surface area (Å²) in [6.45, 7) is 6.17. The molecular formula is C18H30O2. The maximum atomic E-state index is 12.3. The first-order valence-electron chi connectivity index (χ1n) is 8.56. The van der Waals surface area contributed by atoms with Crippen LogP contribution in [-0.4, -0.2) is 12.1 Å². The fourth-order valence-electron chi connectivity index (χ4n) is 4.15. The minimum Gasteiger partial charge on any atom is -0.459 e. The molecule has 0 spiro atoms. The van der Waals surface area contributed by atoms with E-state index in [4.69, 9.17) is 4.74 Å². The lowest BCUT2D eigenvalue weighted by Crippen LogP contribution is -2.25. The normalized spacial score (nSPS) is 29.4. The zero-order valence-electron chi connectivity index (χ0n) is 13.4. The monoisotopic (exact) mass is 278 g/mol. The van der Waals surface area contributed by atoms with Crippen molar-refractivity contribution in [3.63, 3.8) is 0 Å². The fraction of sp³-hybridized carbons (Fsp3) is 0.833. The summed E-state index contributed by atoms with van der Waals surface area (Å²) >= 11 is 0. The Balaban J connectivity index is 1.99. The van der Waals surface area contributed by atoms with Crippen molar-refractivity contribution < 1.29 is 9.53 Å². The van der Waals surface area contributed by atoms with Crippen molar-refractivity contribution in [2.45, 2.75) is 84.7 Å². The molecule has 0 saturated heterocycles. The summed E-state index contributed by atoms with van der Waals surface area (Å²) in [5, 5.41) is 0. The average molecular weight is 278 g/mol. The predicted octanol–water partition coefficient (Wildman–Crippen LogP) is 5.03. The summed E-state index contributed by atoms with van der Waals surface area (Å²) in [6.07, 6.45) is 11.1. The Morgan fingerprint density at radius 1 is 1.00 bits per heavy atom. The maximum Gasteiger partial charge on any atom is 0.333 e. The van der Waals surface area contributed by atoms with Gasteiger partial charge < -0.3 is 4.74 Å². The molecule has 2 fully saturated rings. The predicted molar refractivity (Wildman–Crippen MR) is 82.5 cm³/mol. The van der Waals surface area contributed by atoms with Crippen LogP contribution < -0.4 is 0 Å². The van der Waals surface area contributed by atoms with Crippen molar-refractivity contribution in [3.05, 3.63) is 11.1 Å². The van der Waals surface area contributed by atoms with Gasteiger partial charge in [-0.25, -0.2) is 4.79 Å². The van der Waals surface area contributed by atoms with Crippen LogP contribution in [-0.2, 0) is 9.53 Å². The molecule has 0 heterocycles. The Hall–Kier alpha value is -0.790. The standard InChI is InChI=1S/C18H30O2/c1-4-14(5-2)13(3)18(19)20-17-12-11-15-9-7-6-8-10-16(15)17/h15-17H,4-12H2,1-3H3. The highest BCUT2D eigenvalue weighted by molar-refractivity contribution is 5.88. The first-order valence-corrected chi connectivity index (χ1v) is 8.56. The van der Waals surface area contributed by atoms with E-state index >= 15 is 0 Å². The van der Waals surface area contributed by atoms with Crippen molar-refractivity contribution in [2.75, 3.05) is 0 Å². The van der Waals surface area contributed by atoms with E-state index in [9.17, 15) is 4.79 Å². The van der Waals surface area contributed by atoms with E-state index in [2.05, 4.69) is 13.8 Å². The van der Waals surface area contributed by atoms with E-state index < -0.39 is 0 Å². The molecule has 2 saturated carbocycles. The second kappa shape index (κ2) is 7.28. The van der Waals surface area contributed by atoms with Crippen LogP contribution in [0.1, 0.15) is 78.6 Å². The molecule has 0 aromatic rings. The highest BCUT2D eigenvalue weighted by Gasteiger charge is 2.38. The lowest BCUT2D eigenvalue weighted by molar-refractivity contribution is -0.146. The molecular weight excluding hydrogens is 248 g/mol. The third-order valence-corrected chi connectivity index (χ3v) is 5.47. The summed E-state index contributed by atoms with van der Waals surface area (Å²) in [7, 11) is 0. The molecule has 2 aliphatic rings. The van der Waals surface area contributed by atoms with Crippen LogP contribution in [0.5, 0.6) is 0 Å². The molecule has 20 heavy (non-hydrogen) atoms. The Labute approximate surface area is 124 Å². The number of allylic oxidation sites excluding steroid dienone is 1. The first kappa shape index (κ1) is 15.6. The molecule has 2 nitrogen and oxygen atoms in total. The highest BCUT2D eigenvalue weighted by Crippen LogP contribution is 2.42. The van der Waals surface area contributed by atoms with E-state index in [1.165, 1.54) is 44.1 Å². The van der Waals surface area contributed by atoms with Crippen LogP contribution in [0.25, 0.3) is 0 Å². The summed E-state index contributed by atoms with van der Waals surface area (Å²) < 4.78 is 5.89. The van der Waals surface area contributed by atoms with Crippen molar-refractivity contribution in [2.24, 2.45) is 11.8 Å². The largest absolute Gasteiger partial charge is 0.459 e. The molecule has 0 amide bonds. The van der Waals surface area contributed by atoms with Crippen LogP contribution in [0.4, 0.5) is 0 Å². The number of fused-ring (bicyclic) bond motifs is 1. The van der Waals surface area contributed by atoms with Crippen molar-refractivity contribution in [1.29, 1.82) is 0 Å². The van der Waals surface area contributed by atoms with Gasteiger partial charge in [-0.15, -0.1) is 0 Å². The summed E-state index contributed by atoms with van der Waals surface area (Å²) in [5.74, 6) is 1.40. The third-order valence-electron chi connectivity index (χ3n) is 5.47. The molecule has 0 N–H and O–H groups in total. The molecule has 0 aromatic heterocycles. The molecule has 2 aliphatic carbocycles. The second-order valence-electron chi connectivity index (χ2n) is 6.52. The second-order valence-corrected chi connectivity index (χ2v) is 6.52. The van der Waals surface area contributed by atoms with E-state index in [-0.39, 0.29) is 12.1 Å². The lowest BCUT2D eigenvalue weighted by atomic mass is 9.90. The van der Waals surface area contributed by atoms with Gasteiger partial charge in [-0.1, -0.05) is 45.1 Å². The van der Waals surface area contributed by atoms with Gasteiger partial charge in [0.05, 0.1) is 0 Å². The van der Waals surface area contributed by atoms with Crippen molar-refractivity contribution >= 4 is 5.97 Å². The molecule has 3 unspecified atom stereocenters. The summed E-state index contributed by atoms with van der Waals surface area (Å²) in [4.78, 5) is 12.3. The smallest absolute Gasteiger partial charge is 0.333 e. The number of hydrogen-bond donors (Lipinski definition) is 0. The minimum atomic E-state index is -0.0569. The molecule has 0 aromatic carbocycles. The first-order chi connectivity index (χ1) is 9.67. The van der Waals surface area contributed by atoms with Gasteiger partial charge in [-0.05, 0) is 50.9 Å². The van der Waals surface area contributed by atoms with E-state index in [0.717, 1.165) is 30.8 Å². The molecule has 0 bridgehead atoms. The number of rotatable bonds is 4. The van der Waals surface area contributed by atoms with Gasteiger partial charge in [-0.2, -0.15) is 0 Å². The zero-order chi connectivity index (χ0) is 14.5. The van der Waals surface area contributed by atoms with E-state index in [0.29, 0.717) is 5.92 Å². The van der Waals surface area contributed by atoms with Gasteiger partial charge in [0.15, 0.2) is 0 Å². The van der Waals surface area contributed by atoms with Gasteiger partial charge in [0.25, 0.3) is 0 Å². The Bertz CT molecular complexity index is 364. The number of hydrogen-bond acceptors (Lipinski definition) is 2. The number of ether oxygens (including phenoxy) is 1.